The minimum absolute atomic E-state index is 0.229. The van der Waals surface area contributed by atoms with Gasteiger partial charge in [0.05, 0.1) is 14.2 Å². The third kappa shape index (κ3) is 3.01. The molecular formula is C22H34N2O2. The van der Waals surface area contributed by atoms with Crippen LogP contribution in [0.2, 0.25) is 0 Å². The van der Waals surface area contributed by atoms with E-state index in [0.29, 0.717) is 12.1 Å². The van der Waals surface area contributed by atoms with E-state index in [1.165, 1.54) is 57.1 Å². The largest absolute Gasteiger partial charge is 0.493 e. The Labute approximate surface area is 158 Å². The van der Waals surface area contributed by atoms with Gasteiger partial charge in [-0.1, -0.05) is 25.3 Å². The first-order chi connectivity index (χ1) is 12.7. The summed E-state index contributed by atoms with van der Waals surface area (Å²) in [6, 6.07) is 8.27. The van der Waals surface area contributed by atoms with Crippen LogP contribution >= 0.6 is 0 Å². The highest BCUT2D eigenvalue weighted by atomic mass is 16.5. The van der Waals surface area contributed by atoms with Crippen LogP contribution in [-0.2, 0) is 5.41 Å². The number of hydrogen-bond donors (Lipinski definition) is 1. The van der Waals surface area contributed by atoms with Crippen molar-refractivity contribution in [1.29, 1.82) is 0 Å². The molecule has 4 heteroatoms. The molecule has 4 nitrogen and oxygen atoms in total. The molecule has 0 amide bonds. The van der Waals surface area contributed by atoms with E-state index in [4.69, 9.17) is 15.2 Å². The van der Waals surface area contributed by atoms with E-state index >= 15 is 0 Å². The van der Waals surface area contributed by atoms with Gasteiger partial charge < -0.3 is 15.2 Å². The van der Waals surface area contributed by atoms with Crippen LogP contribution in [-0.4, -0.2) is 43.8 Å². The summed E-state index contributed by atoms with van der Waals surface area (Å²) in [5.74, 6) is 1.67. The second kappa shape index (κ2) is 7.40. The van der Waals surface area contributed by atoms with E-state index in [1.807, 2.05) is 0 Å². The van der Waals surface area contributed by atoms with Crippen molar-refractivity contribution in [2.75, 3.05) is 20.8 Å². The Morgan fingerprint density at radius 1 is 1.00 bits per heavy atom. The number of nitrogens with zero attached hydrogens (tertiary/aromatic N) is 1. The van der Waals surface area contributed by atoms with Crippen molar-refractivity contribution in [2.45, 2.75) is 81.3 Å². The van der Waals surface area contributed by atoms with E-state index in [-0.39, 0.29) is 5.41 Å². The number of likely N-dealkylation sites (tertiary alicyclic amines) is 1. The Bertz CT molecular complexity index is 629. The standard InChI is InChI=1S/C22H34N2O2/c1-25-19-9-8-16(14-20(19)26-2)22-11-10-17(23)15-21(22)24(13-12-22)18-6-4-3-5-7-18/h8-9,14,17-18,21H,3-7,10-13,15,23H2,1-2H3. The lowest BCUT2D eigenvalue weighted by atomic mass is 9.65. The quantitative estimate of drug-likeness (QED) is 0.888. The predicted molar refractivity (Wildman–Crippen MR) is 105 cm³/mol. The SMILES string of the molecule is COc1ccc(C23CCC(N)CC2N(C2CCCCC2)CC3)cc1OC. The van der Waals surface area contributed by atoms with Crippen molar-refractivity contribution >= 4 is 0 Å². The maximum atomic E-state index is 6.45. The molecule has 3 atom stereocenters. The van der Waals surface area contributed by atoms with E-state index in [2.05, 4.69) is 23.1 Å². The van der Waals surface area contributed by atoms with Gasteiger partial charge in [0.25, 0.3) is 0 Å². The number of nitrogens with two attached hydrogens (primary N) is 1. The molecule has 2 N–H and O–H groups in total. The van der Waals surface area contributed by atoms with Crippen LogP contribution in [0, 0.1) is 0 Å². The van der Waals surface area contributed by atoms with Gasteiger partial charge in [-0.2, -0.15) is 0 Å². The fraction of sp³-hybridized carbons (Fsp3) is 0.727. The molecule has 1 aliphatic heterocycles. The lowest BCUT2D eigenvalue weighted by molar-refractivity contribution is 0.0865. The van der Waals surface area contributed by atoms with Gasteiger partial charge in [0, 0.05) is 23.5 Å². The summed E-state index contributed by atoms with van der Waals surface area (Å²) in [6.45, 7) is 1.22. The average Bonchev–Trinajstić information content (AvgIpc) is 3.08. The molecule has 3 unspecified atom stereocenters. The van der Waals surface area contributed by atoms with Crippen LogP contribution in [0.1, 0.15) is 63.4 Å². The first-order valence-corrected chi connectivity index (χ1v) is 10.4. The minimum atomic E-state index is 0.229. The molecule has 2 aliphatic carbocycles. The van der Waals surface area contributed by atoms with E-state index in [1.54, 1.807) is 14.2 Å². The molecule has 3 fully saturated rings. The maximum absolute atomic E-state index is 6.45. The van der Waals surface area contributed by atoms with Gasteiger partial charge in [-0.3, -0.25) is 4.90 Å². The number of fused-ring (bicyclic) bond motifs is 1. The second-order valence-corrected chi connectivity index (χ2v) is 8.56. The number of methoxy groups -OCH3 is 2. The van der Waals surface area contributed by atoms with Gasteiger partial charge in [0.2, 0.25) is 0 Å². The van der Waals surface area contributed by atoms with Crippen LogP contribution in [0.15, 0.2) is 18.2 Å². The third-order valence-corrected chi connectivity index (χ3v) is 7.34. The lowest BCUT2D eigenvalue weighted by Gasteiger charge is -2.47. The minimum Gasteiger partial charge on any atom is -0.493 e. The van der Waals surface area contributed by atoms with Crippen molar-refractivity contribution in [3.05, 3.63) is 23.8 Å². The molecule has 0 aromatic heterocycles. The highest BCUT2D eigenvalue weighted by Gasteiger charge is 2.52. The van der Waals surface area contributed by atoms with E-state index in [0.717, 1.165) is 30.4 Å². The average molecular weight is 359 g/mol. The molecule has 1 saturated heterocycles. The Morgan fingerprint density at radius 2 is 1.77 bits per heavy atom. The summed E-state index contributed by atoms with van der Waals surface area (Å²) in [7, 11) is 3.44. The molecule has 0 radical (unpaired) electrons. The maximum Gasteiger partial charge on any atom is 0.161 e. The van der Waals surface area contributed by atoms with Gasteiger partial charge in [0.15, 0.2) is 11.5 Å². The molecule has 1 aromatic carbocycles. The summed E-state index contributed by atoms with van der Waals surface area (Å²) < 4.78 is 11.1. The van der Waals surface area contributed by atoms with Gasteiger partial charge in [0.1, 0.15) is 0 Å². The summed E-state index contributed by atoms with van der Waals surface area (Å²) >= 11 is 0. The molecule has 4 rings (SSSR count). The Balaban J connectivity index is 1.68. The van der Waals surface area contributed by atoms with Crippen molar-refractivity contribution in [2.24, 2.45) is 5.73 Å². The molecule has 1 heterocycles. The summed E-state index contributed by atoms with van der Waals surface area (Å²) in [5, 5.41) is 0. The number of benzene rings is 1. The fourth-order valence-electron chi connectivity index (χ4n) is 5.95. The zero-order valence-corrected chi connectivity index (χ0v) is 16.4. The van der Waals surface area contributed by atoms with Crippen molar-refractivity contribution in [1.82, 2.24) is 4.90 Å². The topological polar surface area (TPSA) is 47.7 Å². The Hall–Kier alpha value is -1.26. The smallest absolute Gasteiger partial charge is 0.161 e. The summed E-state index contributed by atoms with van der Waals surface area (Å²) in [4.78, 5) is 2.84. The van der Waals surface area contributed by atoms with Gasteiger partial charge in [-0.25, -0.2) is 0 Å². The Morgan fingerprint density at radius 3 is 2.50 bits per heavy atom. The molecule has 0 spiro atoms. The molecular weight excluding hydrogens is 324 g/mol. The third-order valence-electron chi connectivity index (χ3n) is 7.34. The van der Waals surface area contributed by atoms with Crippen LogP contribution in [0.3, 0.4) is 0 Å². The highest BCUT2D eigenvalue weighted by Crippen LogP contribution is 2.51. The molecule has 1 aromatic rings. The van der Waals surface area contributed by atoms with Gasteiger partial charge in [-0.15, -0.1) is 0 Å². The fourth-order valence-corrected chi connectivity index (χ4v) is 5.95. The van der Waals surface area contributed by atoms with Crippen molar-refractivity contribution < 1.29 is 9.47 Å². The van der Waals surface area contributed by atoms with Gasteiger partial charge in [-0.05, 0) is 62.8 Å². The molecule has 3 aliphatic rings. The molecule has 2 saturated carbocycles. The van der Waals surface area contributed by atoms with Crippen LogP contribution in [0.5, 0.6) is 11.5 Å². The Kier molecular flexibility index (Phi) is 5.15. The predicted octanol–water partition coefficient (Wildman–Crippen LogP) is 3.86. The van der Waals surface area contributed by atoms with Crippen molar-refractivity contribution in [3.8, 4) is 11.5 Å². The van der Waals surface area contributed by atoms with Gasteiger partial charge >= 0.3 is 0 Å². The zero-order valence-electron chi connectivity index (χ0n) is 16.4. The first-order valence-electron chi connectivity index (χ1n) is 10.4. The number of ether oxygens (including phenoxy) is 2. The molecule has 26 heavy (non-hydrogen) atoms. The monoisotopic (exact) mass is 358 g/mol. The molecule has 0 bridgehead atoms. The van der Waals surface area contributed by atoms with E-state index in [9.17, 15) is 0 Å². The van der Waals surface area contributed by atoms with Crippen LogP contribution < -0.4 is 15.2 Å². The van der Waals surface area contributed by atoms with E-state index < -0.39 is 0 Å². The summed E-state index contributed by atoms with van der Waals surface area (Å²) in [6.07, 6.45) is 11.6. The summed E-state index contributed by atoms with van der Waals surface area (Å²) in [5.41, 5.74) is 8.10. The molecule has 144 valence electrons. The second-order valence-electron chi connectivity index (χ2n) is 8.56. The zero-order chi connectivity index (χ0) is 18.1. The first kappa shape index (κ1) is 18.1. The lowest BCUT2D eigenvalue weighted by Crippen LogP contribution is -2.53. The van der Waals surface area contributed by atoms with Crippen molar-refractivity contribution in [3.63, 3.8) is 0 Å². The highest BCUT2D eigenvalue weighted by molar-refractivity contribution is 5.46. The number of hydrogen-bond acceptors (Lipinski definition) is 4. The normalized spacial score (nSPS) is 33.0. The van der Waals surface area contributed by atoms with Crippen LogP contribution in [0.25, 0.3) is 0 Å². The number of rotatable bonds is 4. The van der Waals surface area contributed by atoms with Crippen LogP contribution in [0.4, 0.5) is 0 Å².